The van der Waals surface area contributed by atoms with Crippen LogP contribution in [0.15, 0.2) is 41.2 Å². The van der Waals surface area contributed by atoms with Crippen molar-refractivity contribution in [3.63, 3.8) is 0 Å². The van der Waals surface area contributed by atoms with Gasteiger partial charge in [0.15, 0.2) is 0 Å². The van der Waals surface area contributed by atoms with Gasteiger partial charge in [0.2, 0.25) is 0 Å². The van der Waals surface area contributed by atoms with Crippen LogP contribution in [0, 0.1) is 6.92 Å². The molecular weight excluding hydrogens is 634 g/mol. The van der Waals surface area contributed by atoms with Crippen LogP contribution in [0.5, 0.6) is 0 Å². The molecule has 0 saturated heterocycles. The van der Waals surface area contributed by atoms with Crippen LogP contribution in [-0.4, -0.2) is 23.5 Å². The number of rotatable bonds is 4. The smallest absolute Gasteiger partial charge is 0.261 e. The Balaban J connectivity index is 0.00000300. The van der Waals surface area contributed by atoms with Crippen molar-refractivity contribution in [2.24, 2.45) is 7.05 Å². The molecule has 0 amide bonds. The Morgan fingerprint density at radius 2 is 1.76 bits per heavy atom. The molecule has 1 radical (unpaired) electrons. The molecule has 2 heterocycles. The third kappa shape index (κ3) is 4.22. The van der Waals surface area contributed by atoms with E-state index in [1.165, 1.54) is 0 Å². The Hall–Kier alpha value is -3.38. The quantitative estimate of drug-likeness (QED) is 0.466. The van der Waals surface area contributed by atoms with Crippen molar-refractivity contribution in [1.29, 1.82) is 0 Å². The van der Waals surface area contributed by atoms with Gasteiger partial charge in [0, 0.05) is 18.3 Å². The van der Waals surface area contributed by atoms with E-state index in [1.807, 2.05) is 65.0 Å². The van der Waals surface area contributed by atoms with Crippen LogP contribution >= 0.6 is 0 Å². The first kappa shape index (κ1) is 21.9. The second kappa shape index (κ2) is 7.93. The molecule has 0 fully saturated rings. The Bertz CT molecular complexity index is 1110. The third-order valence-corrected chi connectivity index (χ3v) is 6.18. The third-order valence-electron chi connectivity index (χ3n) is 4.50. The first-order valence-electron chi connectivity index (χ1n) is 9.21. The number of hydrogen-bond donors (Lipinski definition) is 1. The van der Waals surface area contributed by atoms with E-state index in [0.29, 0.717) is 22.4 Å². The minimum atomic E-state index is -1.27. The van der Waals surface area contributed by atoms with Crippen molar-refractivity contribution >= 4 is 21.9 Å². The molecule has 1 unspecified atom stereocenters. The predicted molar refractivity (Wildman–Crippen MR) is 114 cm³/mol. The molecule has 8 heteroatoms. The van der Waals surface area contributed by atoms with Gasteiger partial charge in [-0.3, -0.25) is 14.3 Å². The molecule has 29 heavy (non-hydrogen) atoms. The minimum Gasteiger partial charge on any atom is -0.295 e. The average Bonchev–Trinajstić information content (AvgIpc) is 2.64. The summed E-state index contributed by atoms with van der Waals surface area (Å²) in [5, 5.41) is 0.514. The molecule has 0 bridgehead atoms. The van der Waals surface area contributed by atoms with Gasteiger partial charge in [-0.25, -0.2) is 13.9 Å². The molecule has 2 atom stereocenters. The van der Waals surface area contributed by atoms with Crippen LogP contribution in [-0.2, 0) is 18.0 Å². The Kier molecular flexibility index (Phi) is 5.99. The molecule has 3 aromatic rings. The summed E-state index contributed by atoms with van der Waals surface area (Å²) in [6.45, 7) is 9.47. The molecule has 0 saturated carbocycles. The van der Waals surface area contributed by atoms with E-state index >= 15 is 0 Å². The summed E-state index contributed by atoms with van der Waals surface area (Å²) in [5.74, 6) is 0.578. The number of fused-ring (bicyclic) bond motifs is 1. The van der Waals surface area contributed by atoms with E-state index < -0.39 is 15.7 Å². The van der Waals surface area contributed by atoms with Crippen LogP contribution < -0.4 is 10.3 Å². The van der Waals surface area contributed by atoms with Gasteiger partial charge in [-0.1, -0.05) is 30.3 Å². The Morgan fingerprint density at radius 3 is 2.34 bits per heavy atom. The molecule has 163 valence electrons. The number of pyridine rings is 1. The Morgan fingerprint density at radius 1 is 1.14 bits per heavy atom. The molecule has 1 aromatic carbocycles. The summed E-state index contributed by atoms with van der Waals surface area (Å²) in [7, 11) is 0.455. The van der Waals surface area contributed by atoms with E-state index in [1.54, 1.807) is 17.7 Å². The number of aryl methyl sites for hydroxylation is 1. The summed E-state index contributed by atoms with van der Waals surface area (Å²) in [5.41, 5.74) is 2.62. The number of nitrogens with one attached hydrogen (secondary N) is 1. The number of nitrogens with zero attached hydrogens (tertiary/aromatic N) is 3. The largest absolute Gasteiger partial charge is 0.295 e. The second-order valence-electron chi connectivity index (χ2n) is 7.93. The molecule has 1 N–H and O–H groups in total. The summed E-state index contributed by atoms with van der Waals surface area (Å²) >= 11 is 0. The fourth-order valence-electron chi connectivity index (χ4n) is 2.97. The monoisotopic (exact) mass is 660 g/mol. The molecular formula is C21H26LrN4O2S. The van der Waals surface area contributed by atoms with Gasteiger partial charge in [-0.2, -0.15) is 0 Å². The summed E-state index contributed by atoms with van der Waals surface area (Å²) in [4.78, 5) is 22.5. The van der Waals surface area contributed by atoms with E-state index in [9.17, 15) is 9.00 Å². The maximum atomic E-state index is 13.0. The van der Waals surface area contributed by atoms with Crippen molar-refractivity contribution < 1.29 is 4.21 Å². The second-order valence-corrected chi connectivity index (χ2v) is 9.93. The summed E-state index contributed by atoms with van der Waals surface area (Å²) < 4.78 is 16.8. The molecule has 6 nitrogen and oxygen atoms in total. The molecule has 0 aliphatic carbocycles. The topological polar surface area (TPSA) is 76.9 Å². The average molecular weight is 661 g/mol. The summed E-state index contributed by atoms with van der Waals surface area (Å²) in [6.07, 6.45) is 0. The number of aromatic nitrogens is 3. The summed E-state index contributed by atoms with van der Waals surface area (Å²) in [6, 6.07) is 11.0. The zero-order valence-corrected chi connectivity index (χ0v) is 20.3. The zero-order chi connectivity index (χ0) is 20.6. The molecule has 2 aromatic heterocycles. The molecule has 0 spiro atoms. The van der Waals surface area contributed by atoms with Gasteiger partial charge < -0.3 is 0 Å². The van der Waals surface area contributed by atoms with Crippen LogP contribution in [0.1, 0.15) is 45.1 Å². The Labute approximate surface area is 167 Å². The first-order chi connectivity index (χ1) is 13.1. The van der Waals surface area contributed by atoms with E-state index in [0.717, 1.165) is 11.3 Å². The van der Waals surface area contributed by atoms with Crippen LogP contribution in [0.25, 0.3) is 22.3 Å². The fraction of sp³-hybridized carbons (Fsp3) is 0.381. The maximum Gasteiger partial charge on any atom is 0.261 e. The maximum absolute atomic E-state index is 13.0. The zero-order valence-electron chi connectivity index (χ0n) is 17.4. The van der Waals surface area contributed by atoms with Crippen molar-refractivity contribution in [1.82, 2.24) is 19.3 Å². The molecule has 0 aliphatic rings. The fourth-order valence-corrected chi connectivity index (χ4v) is 3.76. The van der Waals surface area contributed by atoms with Crippen LogP contribution in [0.3, 0.4) is 0 Å². The van der Waals surface area contributed by atoms with Crippen LogP contribution in [0.2, 0.25) is 0 Å². The van der Waals surface area contributed by atoms with E-state index in [4.69, 9.17) is 4.98 Å². The standard InChI is InChI=1S/C21H26N4O2S.Lr/c1-13-12-16-18(17(22-13)14(2)24-28(27)21(3,4)5)23-19(25(6)20(16)26)15-10-8-7-9-11-15;/h7-12,14,24H,1-6H3;/t14-,28?;/m1./s1. The van der Waals surface area contributed by atoms with Crippen molar-refractivity contribution in [3.05, 3.63) is 58.1 Å². The SMILES string of the molecule is Cc1cc2c(=O)n(C)c(-c3ccccc3)nc2c([C@@H](C)NS(=O)C(C)(C)C)n1.[Lr]. The van der Waals surface area contributed by atoms with Crippen molar-refractivity contribution in [3.8, 4) is 11.4 Å². The molecule has 0 aliphatic heterocycles. The van der Waals surface area contributed by atoms with Gasteiger partial charge in [0.25, 0.3) is 5.56 Å². The van der Waals surface area contributed by atoms with Crippen LogP contribution in [0.4, 0.5) is 0 Å². The van der Waals surface area contributed by atoms with Gasteiger partial charge in [-0.05, 0) is 40.7 Å². The van der Waals surface area contributed by atoms with Gasteiger partial charge in [0.1, 0.15) is 11.3 Å². The van der Waals surface area contributed by atoms with Gasteiger partial charge in [-0.15, -0.1) is 0 Å². The number of hydrogen-bond acceptors (Lipinski definition) is 4. The van der Waals surface area contributed by atoms with Gasteiger partial charge in [0.05, 0.1) is 32.9 Å². The van der Waals surface area contributed by atoms with E-state index in [2.05, 4.69) is 9.71 Å². The predicted octanol–water partition coefficient (Wildman–Crippen LogP) is 3.42. The first-order valence-corrected chi connectivity index (χ1v) is 10.4. The van der Waals surface area contributed by atoms with E-state index in [-0.39, 0.29) is 11.6 Å². The molecule has 3 rings (SSSR count). The normalized spacial score (nSPS) is 13.7. The van der Waals surface area contributed by atoms with Crippen molar-refractivity contribution in [2.75, 3.05) is 0 Å². The number of benzene rings is 1. The van der Waals surface area contributed by atoms with Gasteiger partial charge >= 0.3 is 0 Å². The minimum absolute atomic E-state index is 0. The van der Waals surface area contributed by atoms with Crippen molar-refractivity contribution in [2.45, 2.75) is 45.4 Å².